The first-order valence-electron chi connectivity index (χ1n) is 4.28. The maximum Gasteiger partial charge on any atom is 0.236 e. The van der Waals surface area contributed by atoms with Gasteiger partial charge in [0.15, 0.2) is 0 Å². The molecule has 0 saturated carbocycles. The number of hydrogen-bond donors (Lipinski definition) is 1. The maximum atomic E-state index is 10.7. The average Bonchev–Trinajstić information content (AvgIpc) is 2.16. The van der Waals surface area contributed by atoms with Crippen LogP contribution in [0.15, 0.2) is 22.7 Å². The number of hydrogen-bond acceptors (Lipinski definition) is 3. The second-order valence-electron chi connectivity index (χ2n) is 3.15. The molecule has 0 bridgehead atoms. The molecular weight excluding hydrogens is 260 g/mol. The van der Waals surface area contributed by atoms with Crippen LogP contribution in [-0.4, -0.2) is 25.8 Å². The summed E-state index contributed by atoms with van der Waals surface area (Å²) >= 11 is 3.33. The third-order valence-corrected chi connectivity index (χ3v) is 2.55. The van der Waals surface area contributed by atoms with Crippen LogP contribution in [0.25, 0.3) is 0 Å². The molecule has 0 atom stereocenters. The number of primary amides is 1. The van der Waals surface area contributed by atoms with Gasteiger partial charge in [0, 0.05) is 17.1 Å². The number of halogens is 1. The Bertz CT molecular complexity index is 393. The molecule has 0 aliphatic heterocycles. The quantitative estimate of drug-likeness (QED) is 0.836. The molecule has 0 radical (unpaired) electrons. The maximum absolute atomic E-state index is 10.7. The van der Waals surface area contributed by atoms with Gasteiger partial charge in [-0.15, -0.1) is 0 Å². The molecule has 0 saturated heterocycles. The Morgan fingerprint density at radius 1 is 1.60 bits per heavy atom. The number of carbonyl (C=O) groups is 2. The highest BCUT2D eigenvalue weighted by molar-refractivity contribution is 9.10. The van der Waals surface area contributed by atoms with Gasteiger partial charge in [0.25, 0.3) is 0 Å². The van der Waals surface area contributed by atoms with Crippen LogP contribution in [0.4, 0.5) is 5.69 Å². The smallest absolute Gasteiger partial charge is 0.236 e. The van der Waals surface area contributed by atoms with E-state index in [1.165, 1.54) is 0 Å². The summed E-state index contributed by atoms with van der Waals surface area (Å²) in [5, 5.41) is 0. The average molecular weight is 271 g/mol. The van der Waals surface area contributed by atoms with Gasteiger partial charge in [0.2, 0.25) is 5.91 Å². The van der Waals surface area contributed by atoms with Crippen LogP contribution in [0.2, 0.25) is 0 Å². The lowest BCUT2D eigenvalue weighted by Gasteiger charge is -2.18. The topological polar surface area (TPSA) is 63.4 Å². The molecule has 1 amide bonds. The van der Waals surface area contributed by atoms with E-state index in [2.05, 4.69) is 15.9 Å². The Labute approximate surface area is 96.2 Å². The summed E-state index contributed by atoms with van der Waals surface area (Å²) < 4.78 is 0.760. The predicted octanol–water partition coefficient (Wildman–Crippen LogP) is 1.18. The van der Waals surface area contributed by atoms with Crippen molar-refractivity contribution in [2.24, 2.45) is 5.73 Å². The molecule has 0 unspecified atom stereocenters. The number of rotatable bonds is 4. The Hall–Kier alpha value is -1.36. The zero-order valence-electron chi connectivity index (χ0n) is 8.24. The number of benzene rings is 1. The van der Waals surface area contributed by atoms with Crippen LogP contribution >= 0.6 is 15.9 Å². The summed E-state index contributed by atoms with van der Waals surface area (Å²) in [6.45, 7) is 0.138. The predicted molar refractivity (Wildman–Crippen MR) is 62.0 cm³/mol. The molecule has 0 aromatic heterocycles. The van der Waals surface area contributed by atoms with E-state index in [0.717, 1.165) is 16.4 Å². The lowest BCUT2D eigenvalue weighted by atomic mass is 10.2. The summed E-state index contributed by atoms with van der Waals surface area (Å²) in [7, 11) is 1.76. The largest absolute Gasteiger partial charge is 0.368 e. The third-order valence-electron chi connectivity index (χ3n) is 1.91. The molecule has 5 heteroatoms. The van der Waals surface area contributed by atoms with E-state index in [4.69, 9.17) is 5.73 Å². The Morgan fingerprint density at radius 3 is 2.73 bits per heavy atom. The van der Waals surface area contributed by atoms with Crippen molar-refractivity contribution < 1.29 is 9.59 Å². The lowest BCUT2D eigenvalue weighted by molar-refractivity contribution is -0.116. The van der Waals surface area contributed by atoms with Crippen LogP contribution in [-0.2, 0) is 4.79 Å². The van der Waals surface area contributed by atoms with Crippen molar-refractivity contribution in [3.8, 4) is 0 Å². The molecule has 0 aliphatic carbocycles. The number of nitrogens with two attached hydrogens (primary N) is 1. The fourth-order valence-electron chi connectivity index (χ4n) is 1.22. The Morgan fingerprint density at radius 2 is 2.27 bits per heavy atom. The van der Waals surface area contributed by atoms with Crippen LogP contribution in [0.3, 0.4) is 0 Å². The van der Waals surface area contributed by atoms with Gasteiger partial charge >= 0.3 is 0 Å². The minimum absolute atomic E-state index is 0.138. The van der Waals surface area contributed by atoms with Gasteiger partial charge < -0.3 is 10.6 Å². The summed E-state index contributed by atoms with van der Waals surface area (Å²) in [5.41, 5.74) is 6.49. The fraction of sp³-hybridized carbons (Fsp3) is 0.200. The van der Waals surface area contributed by atoms with Crippen molar-refractivity contribution in [3.05, 3.63) is 28.2 Å². The van der Waals surface area contributed by atoms with E-state index in [0.29, 0.717) is 5.56 Å². The molecule has 15 heavy (non-hydrogen) atoms. The first-order valence-corrected chi connectivity index (χ1v) is 5.08. The van der Waals surface area contributed by atoms with Gasteiger partial charge in [-0.05, 0) is 34.1 Å². The highest BCUT2D eigenvalue weighted by Crippen LogP contribution is 2.25. The van der Waals surface area contributed by atoms with E-state index in [-0.39, 0.29) is 6.54 Å². The van der Waals surface area contributed by atoms with Gasteiger partial charge in [0.05, 0.1) is 12.2 Å². The summed E-state index contributed by atoms with van der Waals surface area (Å²) in [4.78, 5) is 22.9. The van der Waals surface area contributed by atoms with Crippen molar-refractivity contribution in [2.45, 2.75) is 0 Å². The van der Waals surface area contributed by atoms with Gasteiger partial charge in [-0.2, -0.15) is 0 Å². The normalized spacial score (nSPS) is 9.73. The molecule has 1 rings (SSSR count). The van der Waals surface area contributed by atoms with Gasteiger partial charge in [-0.3, -0.25) is 9.59 Å². The van der Waals surface area contributed by atoms with Gasteiger partial charge in [-0.1, -0.05) is 0 Å². The second kappa shape index (κ2) is 4.93. The molecule has 1 aromatic rings. The minimum atomic E-state index is -0.399. The molecule has 1 aromatic carbocycles. The monoisotopic (exact) mass is 270 g/mol. The molecule has 80 valence electrons. The van der Waals surface area contributed by atoms with Gasteiger partial charge in [-0.25, -0.2) is 0 Å². The zero-order chi connectivity index (χ0) is 11.4. The van der Waals surface area contributed by atoms with Crippen molar-refractivity contribution >= 4 is 33.8 Å². The van der Waals surface area contributed by atoms with E-state index >= 15 is 0 Å². The van der Waals surface area contributed by atoms with Crippen molar-refractivity contribution in [2.75, 3.05) is 18.5 Å². The van der Waals surface area contributed by atoms with Crippen LogP contribution in [0, 0.1) is 0 Å². The van der Waals surface area contributed by atoms with Crippen LogP contribution in [0.1, 0.15) is 10.4 Å². The SMILES string of the molecule is CN(CC(N)=O)c1ccc(C=O)cc1Br. The molecule has 4 nitrogen and oxygen atoms in total. The number of anilines is 1. The van der Waals surface area contributed by atoms with Crippen molar-refractivity contribution in [1.82, 2.24) is 0 Å². The second-order valence-corrected chi connectivity index (χ2v) is 4.01. The zero-order valence-corrected chi connectivity index (χ0v) is 9.82. The first-order chi connectivity index (χ1) is 7.04. The van der Waals surface area contributed by atoms with Crippen molar-refractivity contribution in [1.29, 1.82) is 0 Å². The van der Waals surface area contributed by atoms with E-state index in [1.807, 2.05) is 0 Å². The van der Waals surface area contributed by atoms with E-state index in [9.17, 15) is 9.59 Å². The summed E-state index contributed by atoms with van der Waals surface area (Å²) in [5.74, 6) is -0.399. The first kappa shape index (κ1) is 11.7. The number of likely N-dealkylation sites (N-methyl/N-ethyl adjacent to an activating group) is 1. The van der Waals surface area contributed by atoms with Crippen molar-refractivity contribution in [3.63, 3.8) is 0 Å². The molecule has 0 heterocycles. The highest BCUT2D eigenvalue weighted by Gasteiger charge is 2.08. The molecule has 2 N–H and O–H groups in total. The molecule has 0 aliphatic rings. The fourth-order valence-corrected chi connectivity index (χ4v) is 1.92. The third kappa shape index (κ3) is 3.06. The number of amides is 1. The number of nitrogens with zero attached hydrogens (tertiary/aromatic N) is 1. The van der Waals surface area contributed by atoms with Crippen LogP contribution < -0.4 is 10.6 Å². The lowest BCUT2D eigenvalue weighted by Crippen LogP contribution is -2.30. The molecule has 0 spiro atoms. The summed E-state index contributed by atoms with van der Waals surface area (Å²) in [6, 6.07) is 5.14. The number of carbonyl (C=O) groups excluding carboxylic acids is 2. The van der Waals surface area contributed by atoms with E-state index in [1.54, 1.807) is 30.1 Å². The number of aldehydes is 1. The van der Waals surface area contributed by atoms with Crippen LogP contribution in [0.5, 0.6) is 0 Å². The summed E-state index contributed by atoms with van der Waals surface area (Å²) in [6.07, 6.45) is 0.766. The molecular formula is C10H11BrN2O2. The highest BCUT2D eigenvalue weighted by atomic mass is 79.9. The minimum Gasteiger partial charge on any atom is -0.368 e. The van der Waals surface area contributed by atoms with Gasteiger partial charge in [0.1, 0.15) is 6.29 Å². The Kier molecular flexibility index (Phi) is 3.85. The standard InChI is InChI=1S/C10H11BrN2O2/c1-13(5-10(12)15)9-3-2-7(6-14)4-8(9)11/h2-4,6H,5H2,1H3,(H2,12,15). The Balaban J connectivity index is 2.94. The molecule has 0 fully saturated rings. The van der Waals surface area contributed by atoms with E-state index < -0.39 is 5.91 Å².